The molecule has 0 fully saturated rings. The maximum absolute atomic E-state index is 13.5. The first-order chi connectivity index (χ1) is 11.3. The van der Waals surface area contributed by atoms with Gasteiger partial charge in [0.25, 0.3) is 0 Å². The van der Waals surface area contributed by atoms with Crippen molar-refractivity contribution in [3.63, 3.8) is 0 Å². The highest BCUT2D eigenvalue weighted by molar-refractivity contribution is 6.31. The predicted molar refractivity (Wildman–Crippen MR) is 84.4 cm³/mol. The molecule has 0 saturated heterocycles. The maximum Gasteiger partial charge on any atom is 0.233 e. The second-order valence-corrected chi connectivity index (χ2v) is 5.39. The molecular weight excluding hydrogens is 345 g/mol. The summed E-state index contributed by atoms with van der Waals surface area (Å²) in [5.74, 6) is -6.15. The third kappa shape index (κ3) is 4.26. The van der Waals surface area contributed by atoms with E-state index in [4.69, 9.17) is 11.6 Å². The highest BCUT2D eigenvalue weighted by Crippen LogP contribution is 2.21. The van der Waals surface area contributed by atoms with Crippen molar-refractivity contribution in [2.75, 3.05) is 10.6 Å². The van der Waals surface area contributed by atoms with Crippen LogP contribution in [0.25, 0.3) is 0 Å². The Balaban J connectivity index is 2.01. The summed E-state index contributed by atoms with van der Waals surface area (Å²) in [7, 11) is 0. The zero-order valence-electron chi connectivity index (χ0n) is 12.4. The van der Waals surface area contributed by atoms with Crippen LogP contribution < -0.4 is 10.6 Å². The normalized spacial score (nSPS) is 10.4. The zero-order valence-corrected chi connectivity index (χ0v) is 13.2. The van der Waals surface area contributed by atoms with Gasteiger partial charge in [0.1, 0.15) is 6.42 Å². The first-order valence-corrected chi connectivity index (χ1v) is 7.15. The van der Waals surface area contributed by atoms with Crippen LogP contribution in [0.4, 0.5) is 24.5 Å². The minimum Gasteiger partial charge on any atom is -0.325 e. The molecule has 0 saturated carbocycles. The summed E-state index contributed by atoms with van der Waals surface area (Å²) >= 11 is 5.82. The van der Waals surface area contributed by atoms with E-state index in [-0.39, 0.29) is 0 Å². The van der Waals surface area contributed by atoms with Crippen molar-refractivity contribution in [3.05, 3.63) is 58.4 Å². The summed E-state index contributed by atoms with van der Waals surface area (Å²) < 4.78 is 39.4. The van der Waals surface area contributed by atoms with Crippen molar-refractivity contribution in [2.24, 2.45) is 0 Å². The van der Waals surface area contributed by atoms with Crippen LogP contribution >= 0.6 is 11.6 Å². The largest absolute Gasteiger partial charge is 0.325 e. The van der Waals surface area contributed by atoms with E-state index in [0.717, 1.165) is 11.6 Å². The molecule has 24 heavy (non-hydrogen) atoms. The van der Waals surface area contributed by atoms with Crippen molar-refractivity contribution in [2.45, 2.75) is 13.3 Å². The molecule has 8 heteroatoms. The molecule has 2 aromatic carbocycles. The van der Waals surface area contributed by atoms with Crippen LogP contribution in [-0.2, 0) is 9.59 Å². The molecule has 0 aromatic heterocycles. The van der Waals surface area contributed by atoms with E-state index in [2.05, 4.69) is 5.32 Å². The molecule has 0 bridgehead atoms. The minimum atomic E-state index is -1.70. The van der Waals surface area contributed by atoms with Gasteiger partial charge in [-0.2, -0.15) is 0 Å². The Kier molecular flexibility index (Phi) is 5.46. The first-order valence-electron chi connectivity index (χ1n) is 6.77. The van der Waals surface area contributed by atoms with E-state index in [1.54, 1.807) is 19.1 Å². The average molecular weight is 357 g/mol. The molecule has 2 aromatic rings. The standard InChI is InChI=1S/C16H12ClF3N2O2/c1-8-2-3-9(17)6-12(8)22-14(24)7-13(23)21-11-5-4-10(18)15(19)16(11)20/h2-6H,7H2,1H3,(H,21,23)(H,22,24). The number of carbonyl (C=O) groups excluding carboxylic acids is 2. The van der Waals surface area contributed by atoms with E-state index in [9.17, 15) is 22.8 Å². The molecule has 0 aliphatic heterocycles. The fraction of sp³-hybridized carbons (Fsp3) is 0.125. The van der Waals surface area contributed by atoms with E-state index in [1.807, 2.05) is 5.32 Å². The van der Waals surface area contributed by atoms with Crippen LogP contribution in [0.1, 0.15) is 12.0 Å². The lowest BCUT2D eigenvalue weighted by Gasteiger charge is -2.10. The molecule has 0 aliphatic carbocycles. The summed E-state index contributed by atoms with van der Waals surface area (Å²) in [5.41, 5.74) is 0.616. The fourth-order valence-corrected chi connectivity index (χ4v) is 2.06. The molecule has 2 rings (SSSR count). The Bertz CT molecular complexity index is 812. The molecule has 2 amide bonds. The van der Waals surface area contributed by atoms with Gasteiger partial charge < -0.3 is 10.6 Å². The number of rotatable bonds is 4. The number of hydrogen-bond donors (Lipinski definition) is 2. The van der Waals surface area contributed by atoms with Gasteiger partial charge in [-0.05, 0) is 36.8 Å². The Morgan fingerprint density at radius 1 is 0.958 bits per heavy atom. The molecule has 2 N–H and O–H groups in total. The summed E-state index contributed by atoms with van der Waals surface area (Å²) in [4.78, 5) is 23.6. The highest BCUT2D eigenvalue weighted by atomic mass is 35.5. The van der Waals surface area contributed by atoms with Gasteiger partial charge in [-0.3, -0.25) is 9.59 Å². The summed E-state index contributed by atoms with van der Waals surface area (Å²) in [6, 6.07) is 6.38. The number of nitrogens with one attached hydrogen (secondary N) is 2. The Morgan fingerprint density at radius 3 is 2.25 bits per heavy atom. The number of hydrogen-bond acceptors (Lipinski definition) is 2. The van der Waals surface area contributed by atoms with Crippen LogP contribution in [-0.4, -0.2) is 11.8 Å². The van der Waals surface area contributed by atoms with Crippen LogP contribution in [0.5, 0.6) is 0 Å². The van der Waals surface area contributed by atoms with Crippen molar-refractivity contribution in [3.8, 4) is 0 Å². The van der Waals surface area contributed by atoms with Crippen molar-refractivity contribution < 1.29 is 22.8 Å². The van der Waals surface area contributed by atoms with E-state index in [0.29, 0.717) is 16.8 Å². The SMILES string of the molecule is Cc1ccc(Cl)cc1NC(=O)CC(=O)Nc1ccc(F)c(F)c1F. The van der Waals surface area contributed by atoms with E-state index in [1.165, 1.54) is 6.07 Å². The van der Waals surface area contributed by atoms with Gasteiger partial charge in [-0.25, -0.2) is 13.2 Å². The van der Waals surface area contributed by atoms with Gasteiger partial charge >= 0.3 is 0 Å². The van der Waals surface area contributed by atoms with Gasteiger partial charge in [0.2, 0.25) is 11.8 Å². The molecule has 0 unspecified atom stereocenters. The van der Waals surface area contributed by atoms with Gasteiger partial charge in [0.05, 0.1) is 5.69 Å². The van der Waals surface area contributed by atoms with E-state index < -0.39 is 41.4 Å². The highest BCUT2D eigenvalue weighted by Gasteiger charge is 2.17. The quantitative estimate of drug-likeness (QED) is 0.642. The zero-order chi connectivity index (χ0) is 17.9. The van der Waals surface area contributed by atoms with Crippen LogP contribution in [0.15, 0.2) is 30.3 Å². The van der Waals surface area contributed by atoms with Gasteiger partial charge in [0.15, 0.2) is 17.5 Å². The predicted octanol–water partition coefficient (Wildman–Crippen LogP) is 4.03. The maximum atomic E-state index is 13.5. The molecule has 0 spiro atoms. The molecule has 0 radical (unpaired) electrons. The summed E-state index contributed by atoms with van der Waals surface area (Å²) in [6.45, 7) is 1.74. The number of aryl methyl sites for hydroxylation is 1. The topological polar surface area (TPSA) is 58.2 Å². The molecule has 0 heterocycles. The van der Waals surface area contributed by atoms with Crippen molar-refractivity contribution >= 4 is 34.8 Å². The average Bonchev–Trinajstić information content (AvgIpc) is 2.51. The Labute approximate surface area is 140 Å². The molecule has 4 nitrogen and oxygen atoms in total. The van der Waals surface area contributed by atoms with Crippen LogP contribution in [0.3, 0.4) is 0 Å². The number of halogens is 4. The molecule has 0 atom stereocenters. The molecule has 126 valence electrons. The smallest absolute Gasteiger partial charge is 0.233 e. The van der Waals surface area contributed by atoms with Gasteiger partial charge in [-0.15, -0.1) is 0 Å². The third-order valence-electron chi connectivity index (χ3n) is 3.10. The van der Waals surface area contributed by atoms with Crippen LogP contribution in [0.2, 0.25) is 5.02 Å². The lowest BCUT2D eigenvalue weighted by molar-refractivity contribution is -0.123. The van der Waals surface area contributed by atoms with Crippen LogP contribution in [0, 0.1) is 24.4 Å². The van der Waals surface area contributed by atoms with E-state index >= 15 is 0 Å². The Morgan fingerprint density at radius 2 is 1.58 bits per heavy atom. The van der Waals surface area contributed by atoms with Crippen molar-refractivity contribution in [1.29, 1.82) is 0 Å². The number of carbonyl (C=O) groups is 2. The summed E-state index contributed by atoms with van der Waals surface area (Å²) in [6.07, 6.45) is -0.635. The van der Waals surface area contributed by atoms with Gasteiger partial charge in [-0.1, -0.05) is 17.7 Å². The third-order valence-corrected chi connectivity index (χ3v) is 3.34. The molecular formula is C16H12ClF3N2O2. The second-order valence-electron chi connectivity index (χ2n) is 4.96. The lowest BCUT2D eigenvalue weighted by atomic mass is 10.2. The summed E-state index contributed by atoms with van der Waals surface area (Å²) in [5, 5.41) is 4.91. The number of benzene rings is 2. The Hall–Kier alpha value is -2.54. The second kappa shape index (κ2) is 7.35. The van der Waals surface area contributed by atoms with Gasteiger partial charge in [0, 0.05) is 10.7 Å². The number of anilines is 2. The van der Waals surface area contributed by atoms with Crippen molar-refractivity contribution in [1.82, 2.24) is 0 Å². The minimum absolute atomic E-state index is 0.407. The first kappa shape index (κ1) is 17.8. The molecule has 0 aliphatic rings. The fourth-order valence-electron chi connectivity index (χ4n) is 1.89. The monoisotopic (exact) mass is 356 g/mol. The lowest BCUT2D eigenvalue weighted by Crippen LogP contribution is -2.22. The number of amides is 2.